The van der Waals surface area contributed by atoms with E-state index in [1.54, 1.807) is 23.5 Å². The highest BCUT2D eigenvalue weighted by atomic mass is 32.1. The summed E-state index contributed by atoms with van der Waals surface area (Å²) in [5.41, 5.74) is 7.76. The Morgan fingerprint density at radius 3 is 2.85 bits per heavy atom. The number of hydrogen-bond acceptors (Lipinski definition) is 5. The van der Waals surface area contributed by atoms with Gasteiger partial charge < -0.3 is 15.6 Å². The monoisotopic (exact) mass is 286 g/mol. The molecule has 0 fully saturated rings. The fourth-order valence-corrected chi connectivity index (χ4v) is 2.95. The normalized spacial score (nSPS) is 10.8. The summed E-state index contributed by atoms with van der Waals surface area (Å²) in [6.07, 6.45) is 0. The molecule has 0 aliphatic heterocycles. The molecule has 0 amide bonds. The first-order valence-electron chi connectivity index (χ1n) is 6.29. The van der Waals surface area contributed by atoms with E-state index < -0.39 is 0 Å². The van der Waals surface area contributed by atoms with Gasteiger partial charge in [-0.1, -0.05) is 0 Å². The lowest BCUT2D eigenvalue weighted by molar-refractivity contribution is 0.341. The van der Waals surface area contributed by atoms with Crippen molar-refractivity contribution >= 4 is 27.2 Å². The van der Waals surface area contributed by atoms with E-state index in [1.807, 2.05) is 31.2 Å². The van der Waals surface area contributed by atoms with Crippen LogP contribution < -0.4 is 10.5 Å². The van der Waals surface area contributed by atoms with Crippen LogP contribution in [-0.4, -0.2) is 16.7 Å². The Morgan fingerprint density at radius 2 is 2.10 bits per heavy atom. The van der Waals surface area contributed by atoms with Gasteiger partial charge >= 0.3 is 0 Å². The minimum Gasteiger partial charge on any atom is -0.506 e. The molecule has 0 bridgehead atoms. The topological polar surface area (TPSA) is 68.4 Å². The van der Waals surface area contributed by atoms with Crippen LogP contribution in [0.15, 0.2) is 36.4 Å². The Kier molecular flexibility index (Phi) is 3.20. The van der Waals surface area contributed by atoms with Crippen LogP contribution in [0.3, 0.4) is 0 Å². The number of benzene rings is 2. The molecule has 3 rings (SSSR count). The summed E-state index contributed by atoms with van der Waals surface area (Å²) in [5.74, 6) is 0.923. The van der Waals surface area contributed by atoms with Gasteiger partial charge in [0.15, 0.2) is 0 Å². The van der Waals surface area contributed by atoms with Crippen LogP contribution in [-0.2, 0) is 0 Å². The third kappa shape index (κ3) is 2.28. The fraction of sp³-hybridized carbons (Fsp3) is 0.133. The van der Waals surface area contributed by atoms with Crippen molar-refractivity contribution in [2.24, 2.45) is 0 Å². The maximum atomic E-state index is 9.68. The number of anilines is 1. The van der Waals surface area contributed by atoms with Crippen LogP contribution in [0, 0.1) is 0 Å². The average Bonchev–Trinajstić information content (AvgIpc) is 2.85. The number of phenolic OH excluding ortho intramolecular Hbond substituents is 1. The van der Waals surface area contributed by atoms with E-state index in [2.05, 4.69) is 4.98 Å². The van der Waals surface area contributed by atoms with E-state index in [9.17, 15) is 5.11 Å². The number of aromatic nitrogens is 1. The van der Waals surface area contributed by atoms with Gasteiger partial charge in [-0.05, 0) is 43.3 Å². The minimum absolute atomic E-state index is 0.0803. The molecule has 5 heteroatoms. The molecule has 4 nitrogen and oxygen atoms in total. The molecule has 0 saturated heterocycles. The number of hydrogen-bond donors (Lipinski definition) is 2. The number of nitrogen functional groups attached to an aromatic ring is 1. The summed E-state index contributed by atoms with van der Waals surface area (Å²) < 4.78 is 6.54. The molecule has 2 aromatic carbocycles. The molecule has 0 radical (unpaired) electrons. The van der Waals surface area contributed by atoms with Gasteiger partial charge in [0.05, 0.1) is 22.5 Å². The average molecular weight is 286 g/mol. The summed E-state index contributed by atoms with van der Waals surface area (Å²) in [6.45, 7) is 2.60. The SMILES string of the molecule is CCOc1ccc2nc(-c3ccc(N)c(O)c3)sc2c1. The summed E-state index contributed by atoms with van der Waals surface area (Å²) in [6, 6.07) is 11.0. The lowest BCUT2D eigenvalue weighted by atomic mass is 10.2. The van der Waals surface area contributed by atoms with Gasteiger partial charge in [0, 0.05) is 5.56 Å². The third-order valence-electron chi connectivity index (χ3n) is 2.95. The highest BCUT2D eigenvalue weighted by Crippen LogP contribution is 2.34. The van der Waals surface area contributed by atoms with E-state index in [0.29, 0.717) is 12.3 Å². The van der Waals surface area contributed by atoms with Crippen molar-refractivity contribution in [2.75, 3.05) is 12.3 Å². The van der Waals surface area contributed by atoms with E-state index >= 15 is 0 Å². The van der Waals surface area contributed by atoms with Crippen LogP contribution >= 0.6 is 11.3 Å². The Labute approximate surface area is 120 Å². The predicted molar refractivity (Wildman–Crippen MR) is 82.3 cm³/mol. The summed E-state index contributed by atoms with van der Waals surface area (Å²) >= 11 is 1.56. The number of fused-ring (bicyclic) bond motifs is 1. The molecular weight excluding hydrogens is 272 g/mol. The van der Waals surface area contributed by atoms with Gasteiger partial charge in [-0.2, -0.15) is 0 Å². The first-order chi connectivity index (χ1) is 9.67. The molecule has 3 N–H and O–H groups in total. The molecule has 1 aromatic heterocycles. The van der Waals surface area contributed by atoms with E-state index in [0.717, 1.165) is 26.5 Å². The van der Waals surface area contributed by atoms with Crippen LogP contribution in [0.4, 0.5) is 5.69 Å². The predicted octanol–water partition coefficient (Wildman–Crippen LogP) is 3.65. The molecule has 0 saturated carbocycles. The number of ether oxygens (including phenoxy) is 1. The number of nitrogens with zero attached hydrogens (tertiary/aromatic N) is 1. The van der Waals surface area contributed by atoms with Crippen molar-refractivity contribution in [3.8, 4) is 22.1 Å². The van der Waals surface area contributed by atoms with E-state index in [4.69, 9.17) is 10.5 Å². The van der Waals surface area contributed by atoms with Crippen molar-refractivity contribution in [3.05, 3.63) is 36.4 Å². The van der Waals surface area contributed by atoms with Gasteiger partial charge in [-0.15, -0.1) is 11.3 Å². The number of aromatic hydroxyl groups is 1. The summed E-state index contributed by atoms with van der Waals surface area (Å²) in [4.78, 5) is 4.57. The third-order valence-corrected chi connectivity index (χ3v) is 4.02. The lowest BCUT2D eigenvalue weighted by Crippen LogP contribution is -1.89. The molecular formula is C15H14N2O2S. The molecule has 0 aliphatic carbocycles. The molecule has 102 valence electrons. The summed E-state index contributed by atoms with van der Waals surface area (Å²) in [7, 11) is 0. The van der Waals surface area contributed by atoms with Crippen molar-refractivity contribution in [2.45, 2.75) is 6.92 Å². The maximum Gasteiger partial charge on any atom is 0.139 e. The van der Waals surface area contributed by atoms with Crippen molar-refractivity contribution < 1.29 is 9.84 Å². The molecule has 3 aromatic rings. The number of nitrogens with two attached hydrogens (primary N) is 1. The quantitative estimate of drug-likeness (QED) is 0.569. The zero-order valence-corrected chi connectivity index (χ0v) is 11.8. The molecule has 0 spiro atoms. The second-order valence-corrected chi connectivity index (χ2v) is 5.39. The minimum atomic E-state index is 0.0803. The molecule has 0 atom stereocenters. The zero-order valence-electron chi connectivity index (χ0n) is 11.0. The van der Waals surface area contributed by atoms with Crippen LogP contribution in [0.25, 0.3) is 20.8 Å². The van der Waals surface area contributed by atoms with Crippen molar-refractivity contribution in [1.29, 1.82) is 0 Å². The van der Waals surface area contributed by atoms with Crippen LogP contribution in [0.2, 0.25) is 0 Å². The highest BCUT2D eigenvalue weighted by molar-refractivity contribution is 7.21. The van der Waals surface area contributed by atoms with E-state index in [1.165, 1.54) is 0 Å². The Morgan fingerprint density at radius 1 is 1.25 bits per heavy atom. The standard InChI is InChI=1S/C15H14N2O2S/c1-2-19-10-4-6-12-14(8-10)20-15(17-12)9-3-5-11(16)13(18)7-9/h3-8,18H,2,16H2,1H3. The smallest absolute Gasteiger partial charge is 0.139 e. The Hall–Kier alpha value is -2.27. The molecule has 20 heavy (non-hydrogen) atoms. The first kappa shape index (κ1) is 12.7. The Balaban J connectivity index is 2.05. The summed E-state index contributed by atoms with van der Waals surface area (Å²) in [5, 5.41) is 10.5. The van der Waals surface area contributed by atoms with Crippen LogP contribution in [0.5, 0.6) is 11.5 Å². The second kappa shape index (κ2) is 5.02. The maximum absolute atomic E-state index is 9.68. The van der Waals surface area contributed by atoms with Crippen molar-refractivity contribution in [1.82, 2.24) is 4.98 Å². The zero-order chi connectivity index (χ0) is 14.1. The molecule has 0 unspecified atom stereocenters. The van der Waals surface area contributed by atoms with E-state index in [-0.39, 0.29) is 5.75 Å². The van der Waals surface area contributed by atoms with Gasteiger partial charge in [0.25, 0.3) is 0 Å². The van der Waals surface area contributed by atoms with Gasteiger partial charge in [0.2, 0.25) is 0 Å². The molecule has 0 aliphatic rings. The number of thiazole rings is 1. The van der Waals surface area contributed by atoms with Gasteiger partial charge in [0.1, 0.15) is 16.5 Å². The second-order valence-electron chi connectivity index (χ2n) is 4.36. The highest BCUT2D eigenvalue weighted by Gasteiger charge is 2.09. The number of rotatable bonds is 3. The number of phenols is 1. The van der Waals surface area contributed by atoms with Crippen LogP contribution in [0.1, 0.15) is 6.92 Å². The lowest BCUT2D eigenvalue weighted by Gasteiger charge is -2.00. The Bertz CT molecular complexity index is 768. The van der Waals surface area contributed by atoms with Crippen molar-refractivity contribution in [3.63, 3.8) is 0 Å². The van der Waals surface area contributed by atoms with Gasteiger partial charge in [-0.3, -0.25) is 0 Å². The molecule has 1 heterocycles. The fourth-order valence-electron chi connectivity index (χ4n) is 1.96. The first-order valence-corrected chi connectivity index (χ1v) is 7.11. The largest absolute Gasteiger partial charge is 0.506 e. The van der Waals surface area contributed by atoms with Gasteiger partial charge in [-0.25, -0.2) is 4.98 Å².